The Labute approximate surface area is 217 Å². The summed E-state index contributed by atoms with van der Waals surface area (Å²) >= 11 is 5.86. The van der Waals surface area contributed by atoms with Crippen LogP contribution in [0.15, 0.2) is 78.4 Å². The fraction of sp³-hybridized carbons (Fsp3) is 0.111. The van der Waals surface area contributed by atoms with Gasteiger partial charge in [0.25, 0.3) is 17.7 Å². The standard InChI is InChI=1S/C27H22ClN3O6/c1-2-36-21-13-11-20(12-14-21)31-26(34)22(25(33)30-27(31)35)15-17-5-3-4-6-23(17)37-16-24(32)29-19-9-7-18(28)8-10-19/h3-15H,2,16H2,1H3,(H,29,32)(H,30,33,35)/b22-15+. The van der Waals surface area contributed by atoms with E-state index in [-0.39, 0.29) is 23.6 Å². The average Bonchev–Trinajstić information content (AvgIpc) is 2.88. The van der Waals surface area contributed by atoms with Gasteiger partial charge in [-0.25, -0.2) is 9.69 Å². The third-order valence-electron chi connectivity index (χ3n) is 5.21. The minimum absolute atomic E-state index is 0.268. The number of amides is 5. The molecule has 1 aliphatic heterocycles. The highest BCUT2D eigenvalue weighted by atomic mass is 35.5. The Hall–Kier alpha value is -4.63. The molecule has 0 unspecified atom stereocenters. The van der Waals surface area contributed by atoms with Crippen molar-refractivity contribution in [1.29, 1.82) is 0 Å². The maximum absolute atomic E-state index is 13.2. The molecular formula is C27H22ClN3O6. The van der Waals surface area contributed by atoms with Crippen molar-refractivity contribution in [3.05, 3.63) is 89.0 Å². The highest BCUT2D eigenvalue weighted by molar-refractivity contribution is 6.39. The Balaban J connectivity index is 1.52. The fourth-order valence-electron chi connectivity index (χ4n) is 3.51. The van der Waals surface area contributed by atoms with Crippen LogP contribution in [0.25, 0.3) is 6.08 Å². The first kappa shape index (κ1) is 25.5. The molecule has 1 fully saturated rings. The van der Waals surface area contributed by atoms with Crippen molar-refractivity contribution >= 4 is 52.8 Å². The predicted molar refractivity (Wildman–Crippen MR) is 139 cm³/mol. The normalized spacial score (nSPS) is 14.4. The smallest absolute Gasteiger partial charge is 0.335 e. The van der Waals surface area contributed by atoms with E-state index in [0.717, 1.165) is 4.90 Å². The number of para-hydroxylation sites is 1. The van der Waals surface area contributed by atoms with Gasteiger partial charge in [-0.1, -0.05) is 29.8 Å². The van der Waals surface area contributed by atoms with Gasteiger partial charge in [0, 0.05) is 16.3 Å². The molecule has 2 N–H and O–H groups in total. The quantitative estimate of drug-likeness (QED) is 0.336. The van der Waals surface area contributed by atoms with Crippen molar-refractivity contribution in [3.63, 3.8) is 0 Å². The van der Waals surface area contributed by atoms with Gasteiger partial charge >= 0.3 is 6.03 Å². The van der Waals surface area contributed by atoms with E-state index in [2.05, 4.69) is 10.6 Å². The lowest BCUT2D eigenvalue weighted by atomic mass is 10.1. The summed E-state index contributed by atoms with van der Waals surface area (Å²) < 4.78 is 11.0. The van der Waals surface area contributed by atoms with Crippen LogP contribution in [0.3, 0.4) is 0 Å². The number of nitrogens with one attached hydrogen (secondary N) is 2. The molecule has 0 aliphatic carbocycles. The molecule has 0 atom stereocenters. The molecular weight excluding hydrogens is 498 g/mol. The third-order valence-corrected chi connectivity index (χ3v) is 5.47. The Bertz CT molecular complexity index is 1370. The molecule has 5 amide bonds. The first-order valence-corrected chi connectivity index (χ1v) is 11.6. The summed E-state index contributed by atoms with van der Waals surface area (Å²) in [5, 5.41) is 5.41. The zero-order valence-electron chi connectivity index (χ0n) is 19.7. The number of carbonyl (C=O) groups is 4. The van der Waals surface area contributed by atoms with Crippen LogP contribution in [0, 0.1) is 0 Å². The molecule has 1 saturated heterocycles. The second-order valence-electron chi connectivity index (χ2n) is 7.77. The van der Waals surface area contributed by atoms with Crippen LogP contribution in [-0.4, -0.2) is 37.0 Å². The van der Waals surface area contributed by atoms with Crippen molar-refractivity contribution in [2.24, 2.45) is 0 Å². The zero-order valence-corrected chi connectivity index (χ0v) is 20.5. The molecule has 0 radical (unpaired) electrons. The van der Waals surface area contributed by atoms with E-state index in [4.69, 9.17) is 21.1 Å². The van der Waals surface area contributed by atoms with Crippen LogP contribution in [0.4, 0.5) is 16.2 Å². The lowest BCUT2D eigenvalue weighted by molar-refractivity contribution is -0.122. The van der Waals surface area contributed by atoms with Gasteiger partial charge in [-0.2, -0.15) is 0 Å². The maximum Gasteiger partial charge on any atom is 0.335 e. The molecule has 3 aromatic carbocycles. The molecule has 37 heavy (non-hydrogen) atoms. The highest BCUT2D eigenvalue weighted by Crippen LogP contribution is 2.27. The van der Waals surface area contributed by atoms with Crippen molar-refractivity contribution in [3.8, 4) is 11.5 Å². The lowest BCUT2D eigenvalue weighted by Gasteiger charge is -2.26. The van der Waals surface area contributed by atoms with E-state index in [1.165, 1.54) is 6.08 Å². The van der Waals surface area contributed by atoms with Gasteiger partial charge in [0.15, 0.2) is 6.61 Å². The van der Waals surface area contributed by atoms with Crippen LogP contribution in [0.1, 0.15) is 12.5 Å². The molecule has 0 bridgehead atoms. The first-order valence-electron chi connectivity index (χ1n) is 11.3. The number of benzene rings is 3. The summed E-state index contributed by atoms with van der Waals surface area (Å²) in [6, 6.07) is 18.7. The van der Waals surface area contributed by atoms with Gasteiger partial charge in [-0.05, 0) is 67.6 Å². The van der Waals surface area contributed by atoms with Crippen molar-refractivity contribution < 1.29 is 28.7 Å². The van der Waals surface area contributed by atoms with Crippen LogP contribution >= 0.6 is 11.6 Å². The van der Waals surface area contributed by atoms with E-state index in [1.807, 2.05) is 6.92 Å². The Morgan fingerprint density at radius 1 is 0.973 bits per heavy atom. The number of ether oxygens (including phenoxy) is 2. The minimum atomic E-state index is -0.861. The third kappa shape index (κ3) is 6.14. The summed E-state index contributed by atoms with van der Waals surface area (Å²) in [5.74, 6) is -1.20. The van der Waals surface area contributed by atoms with Gasteiger partial charge in [-0.3, -0.25) is 19.7 Å². The van der Waals surface area contributed by atoms with E-state index in [1.54, 1.807) is 72.8 Å². The lowest BCUT2D eigenvalue weighted by Crippen LogP contribution is -2.54. The summed E-state index contributed by atoms with van der Waals surface area (Å²) in [5.41, 5.74) is 0.932. The molecule has 1 aliphatic rings. The first-order chi connectivity index (χ1) is 17.9. The molecule has 188 valence electrons. The highest BCUT2D eigenvalue weighted by Gasteiger charge is 2.37. The Kier molecular flexibility index (Phi) is 7.85. The molecule has 10 heteroatoms. The number of rotatable bonds is 8. The molecule has 9 nitrogen and oxygen atoms in total. The van der Waals surface area contributed by atoms with Crippen molar-refractivity contribution in [2.75, 3.05) is 23.4 Å². The van der Waals surface area contributed by atoms with E-state index < -0.39 is 23.8 Å². The summed E-state index contributed by atoms with van der Waals surface area (Å²) in [7, 11) is 0. The van der Waals surface area contributed by atoms with Crippen LogP contribution in [0.5, 0.6) is 11.5 Å². The number of halogens is 1. The topological polar surface area (TPSA) is 114 Å². The van der Waals surface area contributed by atoms with Crippen LogP contribution in [-0.2, 0) is 14.4 Å². The number of anilines is 2. The number of imide groups is 2. The molecule has 0 aromatic heterocycles. The fourth-order valence-corrected chi connectivity index (χ4v) is 3.64. The largest absolute Gasteiger partial charge is 0.494 e. The van der Waals surface area contributed by atoms with Crippen LogP contribution < -0.4 is 25.0 Å². The van der Waals surface area contributed by atoms with Crippen molar-refractivity contribution in [1.82, 2.24) is 5.32 Å². The number of hydrogen-bond donors (Lipinski definition) is 2. The molecule has 0 saturated carbocycles. The molecule has 1 heterocycles. The van der Waals surface area contributed by atoms with E-state index in [0.29, 0.717) is 28.6 Å². The van der Waals surface area contributed by atoms with Gasteiger partial charge in [-0.15, -0.1) is 0 Å². The second-order valence-corrected chi connectivity index (χ2v) is 8.20. The maximum atomic E-state index is 13.2. The monoisotopic (exact) mass is 519 g/mol. The van der Waals surface area contributed by atoms with E-state index in [9.17, 15) is 19.2 Å². The summed E-state index contributed by atoms with van der Waals surface area (Å²) in [6.45, 7) is 1.99. The van der Waals surface area contributed by atoms with Crippen molar-refractivity contribution in [2.45, 2.75) is 6.92 Å². The van der Waals surface area contributed by atoms with Gasteiger partial charge < -0.3 is 14.8 Å². The van der Waals surface area contributed by atoms with E-state index >= 15 is 0 Å². The number of nitrogens with zero attached hydrogens (tertiary/aromatic N) is 1. The van der Waals surface area contributed by atoms with Crippen LogP contribution in [0.2, 0.25) is 5.02 Å². The molecule has 4 rings (SSSR count). The minimum Gasteiger partial charge on any atom is -0.494 e. The zero-order chi connectivity index (χ0) is 26.4. The number of barbiturate groups is 1. The van der Waals surface area contributed by atoms with Gasteiger partial charge in [0.05, 0.1) is 12.3 Å². The second kappa shape index (κ2) is 11.4. The van der Waals surface area contributed by atoms with Gasteiger partial charge in [0.2, 0.25) is 0 Å². The predicted octanol–water partition coefficient (Wildman–Crippen LogP) is 4.42. The Morgan fingerprint density at radius 2 is 1.68 bits per heavy atom. The SMILES string of the molecule is CCOc1ccc(N2C(=O)NC(=O)/C(=C\c3ccccc3OCC(=O)Nc3ccc(Cl)cc3)C2=O)cc1. The number of urea groups is 1. The average molecular weight is 520 g/mol. The summed E-state index contributed by atoms with van der Waals surface area (Å²) in [6.07, 6.45) is 1.32. The Morgan fingerprint density at radius 3 is 2.38 bits per heavy atom. The number of carbonyl (C=O) groups excluding carboxylic acids is 4. The molecule has 0 spiro atoms. The summed E-state index contributed by atoms with van der Waals surface area (Å²) in [4.78, 5) is 51.4. The van der Waals surface area contributed by atoms with Gasteiger partial charge in [0.1, 0.15) is 17.1 Å². The number of hydrogen-bond acceptors (Lipinski definition) is 6. The molecule has 3 aromatic rings.